The average molecular weight is 403 g/mol. The smallest absolute Gasteiger partial charge is 0.232 e. The van der Waals surface area contributed by atoms with Crippen LogP contribution >= 0.6 is 11.3 Å². The molecule has 4 aromatic rings. The van der Waals surface area contributed by atoms with Crippen LogP contribution in [-0.4, -0.2) is 34.8 Å². The van der Waals surface area contributed by atoms with Crippen molar-refractivity contribution in [1.82, 2.24) is 15.0 Å². The Labute approximate surface area is 170 Å². The molecule has 0 amide bonds. The summed E-state index contributed by atoms with van der Waals surface area (Å²) in [5.41, 5.74) is 4.28. The normalized spacial score (nSPS) is 15.4. The van der Waals surface area contributed by atoms with Gasteiger partial charge >= 0.3 is 0 Å². The summed E-state index contributed by atoms with van der Waals surface area (Å²) < 4.78 is 17.8. The average Bonchev–Trinajstić information content (AvgIpc) is 3.18. The van der Waals surface area contributed by atoms with Gasteiger partial charge in [-0.05, 0) is 37.6 Å². The van der Waals surface area contributed by atoms with E-state index in [0.29, 0.717) is 40.6 Å². The molecule has 0 bridgehead atoms. The Hall–Kier alpha value is -3.44. The van der Waals surface area contributed by atoms with Crippen LogP contribution < -0.4 is 14.2 Å². The maximum absolute atomic E-state index is 9.47. The number of hydrogen-bond acceptors (Lipinski definition) is 8. The van der Waals surface area contributed by atoms with Crippen LogP contribution in [0.1, 0.15) is 11.1 Å². The van der Waals surface area contributed by atoms with E-state index in [-0.39, 0.29) is 6.10 Å². The van der Waals surface area contributed by atoms with Crippen LogP contribution in [-0.2, 0) is 0 Å². The molecule has 0 spiro atoms. The molecule has 1 aliphatic heterocycles. The fourth-order valence-corrected chi connectivity index (χ4v) is 4.50. The third kappa shape index (κ3) is 2.82. The molecular weight excluding hydrogens is 388 g/mol. The molecule has 143 valence electrons. The molecule has 0 N–H and O–H groups in total. The van der Waals surface area contributed by atoms with E-state index in [9.17, 15) is 5.26 Å². The number of nitriles is 1. The fourth-order valence-electron chi connectivity index (χ4n) is 3.35. The van der Waals surface area contributed by atoms with Crippen LogP contribution in [0.25, 0.3) is 31.8 Å². The molecule has 1 atom stereocenters. The van der Waals surface area contributed by atoms with Gasteiger partial charge in [-0.1, -0.05) is 0 Å². The highest BCUT2D eigenvalue weighted by Crippen LogP contribution is 2.45. The van der Waals surface area contributed by atoms with E-state index in [1.54, 1.807) is 18.3 Å². The number of aryl methyl sites for hydroxylation is 1. The summed E-state index contributed by atoms with van der Waals surface area (Å²) in [6.45, 7) is 6.28. The maximum atomic E-state index is 9.47. The second-order valence-corrected chi connectivity index (χ2v) is 7.68. The molecule has 5 rings (SSSR count). The summed E-state index contributed by atoms with van der Waals surface area (Å²) in [5.74, 6) is 1.75. The molecule has 0 saturated carbocycles. The predicted molar refractivity (Wildman–Crippen MR) is 109 cm³/mol. The highest BCUT2D eigenvalue weighted by atomic mass is 32.1. The summed E-state index contributed by atoms with van der Waals surface area (Å²) in [4.78, 5) is 13.8. The van der Waals surface area contributed by atoms with Crippen LogP contribution in [0.2, 0.25) is 0 Å². The number of aromatic nitrogens is 3. The first kappa shape index (κ1) is 17.6. The van der Waals surface area contributed by atoms with Crippen LogP contribution in [0.5, 0.6) is 17.4 Å². The molecule has 3 heterocycles. The number of benzene rings is 2. The van der Waals surface area contributed by atoms with Gasteiger partial charge in [-0.15, -0.1) is 11.3 Å². The van der Waals surface area contributed by atoms with E-state index >= 15 is 0 Å². The zero-order valence-electron chi connectivity index (χ0n) is 15.7. The SMILES string of the molecule is [CH2][C@@H]1COc2c(cc(C)c3nc(-c4cc(C#N)cc5nc(OC)cnc45)sc23)O1. The van der Waals surface area contributed by atoms with E-state index in [1.165, 1.54) is 18.4 Å². The van der Waals surface area contributed by atoms with Gasteiger partial charge in [-0.2, -0.15) is 5.26 Å². The zero-order chi connectivity index (χ0) is 20.1. The van der Waals surface area contributed by atoms with E-state index in [4.69, 9.17) is 19.2 Å². The molecule has 29 heavy (non-hydrogen) atoms. The second-order valence-electron chi connectivity index (χ2n) is 6.68. The summed E-state index contributed by atoms with van der Waals surface area (Å²) in [6.07, 6.45) is 1.32. The van der Waals surface area contributed by atoms with Crippen molar-refractivity contribution in [2.24, 2.45) is 0 Å². The minimum Gasteiger partial charge on any atom is -0.484 e. The largest absolute Gasteiger partial charge is 0.484 e. The third-order valence-electron chi connectivity index (χ3n) is 4.68. The molecule has 1 radical (unpaired) electrons. The van der Waals surface area contributed by atoms with Gasteiger partial charge in [0.2, 0.25) is 5.88 Å². The highest BCUT2D eigenvalue weighted by Gasteiger charge is 2.24. The lowest BCUT2D eigenvalue weighted by atomic mass is 10.1. The van der Waals surface area contributed by atoms with Crippen molar-refractivity contribution >= 4 is 32.6 Å². The molecule has 2 aromatic carbocycles. The van der Waals surface area contributed by atoms with Crippen LogP contribution in [0.4, 0.5) is 0 Å². The van der Waals surface area contributed by atoms with Crippen LogP contribution in [0, 0.1) is 25.2 Å². The van der Waals surface area contributed by atoms with Gasteiger partial charge < -0.3 is 14.2 Å². The molecule has 8 heteroatoms. The fraction of sp³-hybridized carbons (Fsp3) is 0.190. The number of nitrogens with zero attached hydrogens (tertiary/aromatic N) is 4. The van der Waals surface area contributed by atoms with Crippen LogP contribution in [0.3, 0.4) is 0 Å². The van der Waals surface area contributed by atoms with E-state index in [0.717, 1.165) is 26.4 Å². The monoisotopic (exact) mass is 403 g/mol. The first-order valence-electron chi connectivity index (χ1n) is 8.89. The quantitative estimate of drug-likeness (QED) is 0.498. The Morgan fingerprint density at radius 2 is 2.14 bits per heavy atom. The summed E-state index contributed by atoms with van der Waals surface area (Å²) in [7, 11) is 1.53. The van der Waals surface area contributed by atoms with E-state index in [1.807, 2.05) is 13.0 Å². The van der Waals surface area contributed by atoms with Crippen molar-refractivity contribution in [2.45, 2.75) is 13.0 Å². The van der Waals surface area contributed by atoms with Crippen molar-refractivity contribution in [3.05, 3.63) is 42.4 Å². The van der Waals surface area contributed by atoms with Crippen molar-refractivity contribution in [3.8, 4) is 34.0 Å². The van der Waals surface area contributed by atoms with Gasteiger partial charge in [0.25, 0.3) is 0 Å². The third-order valence-corrected chi connectivity index (χ3v) is 5.77. The van der Waals surface area contributed by atoms with Crippen molar-refractivity contribution in [3.63, 3.8) is 0 Å². The molecule has 1 aliphatic rings. The lowest BCUT2D eigenvalue weighted by molar-refractivity contribution is 0.123. The maximum Gasteiger partial charge on any atom is 0.232 e. The lowest BCUT2D eigenvalue weighted by Gasteiger charge is -2.24. The Morgan fingerprint density at radius 3 is 2.93 bits per heavy atom. The molecule has 0 saturated heterocycles. The van der Waals surface area contributed by atoms with Gasteiger partial charge in [-0.3, -0.25) is 0 Å². The zero-order valence-corrected chi connectivity index (χ0v) is 16.5. The standard InChI is InChI=1S/C21H15N4O3S/c1-10-4-15-19(27-9-11(2)28-15)20-17(10)25-21(29-20)13-5-12(7-22)6-14-18(13)23-8-16(24-14)26-3/h4-6,8,11H,2,9H2,1,3H3/t11-/m1/s1. The second kappa shape index (κ2) is 6.57. The first-order chi connectivity index (χ1) is 14.1. The van der Waals surface area contributed by atoms with Crippen molar-refractivity contribution < 1.29 is 14.2 Å². The first-order valence-corrected chi connectivity index (χ1v) is 9.71. The summed E-state index contributed by atoms with van der Waals surface area (Å²) in [6, 6.07) is 7.59. The highest BCUT2D eigenvalue weighted by molar-refractivity contribution is 7.22. The molecule has 7 nitrogen and oxygen atoms in total. The minimum atomic E-state index is -0.242. The molecule has 2 aromatic heterocycles. The number of rotatable bonds is 2. The van der Waals surface area contributed by atoms with E-state index < -0.39 is 0 Å². The van der Waals surface area contributed by atoms with Gasteiger partial charge in [0.1, 0.15) is 22.4 Å². The van der Waals surface area contributed by atoms with Crippen molar-refractivity contribution in [2.75, 3.05) is 13.7 Å². The molecule has 0 fully saturated rings. The Balaban J connectivity index is 1.77. The Kier molecular flexibility index (Phi) is 4.00. The minimum absolute atomic E-state index is 0.242. The molecule has 0 aliphatic carbocycles. The number of thiazole rings is 1. The molecule has 0 unspecified atom stereocenters. The molecular formula is C21H15N4O3S. The van der Waals surface area contributed by atoms with Crippen molar-refractivity contribution in [1.29, 1.82) is 5.26 Å². The Bertz CT molecular complexity index is 1330. The number of methoxy groups -OCH3 is 1. The van der Waals surface area contributed by atoms with Gasteiger partial charge in [0.05, 0.1) is 41.5 Å². The van der Waals surface area contributed by atoms with Gasteiger partial charge in [0, 0.05) is 5.56 Å². The van der Waals surface area contributed by atoms with Gasteiger partial charge in [-0.25, -0.2) is 15.0 Å². The predicted octanol–water partition coefficient (Wildman–Crippen LogP) is 4.07. The number of hydrogen-bond donors (Lipinski definition) is 0. The lowest BCUT2D eigenvalue weighted by Crippen LogP contribution is -2.26. The number of ether oxygens (including phenoxy) is 3. The topological polar surface area (TPSA) is 90.2 Å². The van der Waals surface area contributed by atoms with Crippen LogP contribution in [0.15, 0.2) is 24.4 Å². The van der Waals surface area contributed by atoms with E-state index in [2.05, 4.69) is 23.0 Å². The van der Waals surface area contributed by atoms with Gasteiger partial charge in [0.15, 0.2) is 11.5 Å². The summed E-state index contributed by atoms with van der Waals surface area (Å²) in [5, 5.41) is 10.2. The number of fused-ring (bicyclic) bond motifs is 4. The Morgan fingerprint density at radius 1 is 1.28 bits per heavy atom. The summed E-state index contributed by atoms with van der Waals surface area (Å²) >= 11 is 1.48.